The number of sulfonamides is 1. The Labute approximate surface area is 239 Å². The highest BCUT2D eigenvalue weighted by Gasteiger charge is 2.46. The van der Waals surface area contributed by atoms with Gasteiger partial charge in [-0.1, -0.05) is 6.07 Å². The monoisotopic (exact) mass is 591 g/mol. The van der Waals surface area contributed by atoms with Crippen molar-refractivity contribution in [3.8, 4) is 17.2 Å². The topological polar surface area (TPSA) is 150 Å². The summed E-state index contributed by atoms with van der Waals surface area (Å²) in [5, 5.41) is 32.2. The van der Waals surface area contributed by atoms with Crippen LogP contribution in [-0.4, -0.2) is 106 Å². The van der Waals surface area contributed by atoms with Crippen LogP contribution in [0.2, 0.25) is 0 Å². The first-order valence-electron chi connectivity index (χ1n) is 13.9. The van der Waals surface area contributed by atoms with E-state index in [1.807, 2.05) is 23.1 Å². The summed E-state index contributed by atoms with van der Waals surface area (Å²) >= 11 is 0. The number of hydrogen-bond acceptors (Lipinski definition) is 11. The molecule has 4 atom stereocenters. The zero-order valence-electron chi connectivity index (χ0n) is 22.8. The van der Waals surface area contributed by atoms with E-state index in [-0.39, 0.29) is 50.0 Å². The molecule has 3 heterocycles. The van der Waals surface area contributed by atoms with Gasteiger partial charge in [-0.2, -0.15) is 0 Å². The van der Waals surface area contributed by atoms with Gasteiger partial charge in [0, 0.05) is 56.4 Å². The number of aliphatic hydroxyl groups excluding tert-OH is 3. The third-order valence-corrected chi connectivity index (χ3v) is 9.70. The van der Waals surface area contributed by atoms with Gasteiger partial charge in [-0.25, -0.2) is 13.1 Å². The Morgan fingerprint density at radius 2 is 1.68 bits per heavy atom. The van der Waals surface area contributed by atoms with E-state index in [9.17, 15) is 23.7 Å². The number of morpholine rings is 1. The molecule has 0 bridgehead atoms. The molecule has 4 aliphatic rings. The van der Waals surface area contributed by atoms with Gasteiger partial charge < -0.3 is 39.2 Å². The van der Waals surface area contributed by atoms with Crippen molar-refractivity contribution >= 4 is 15.7 Å². The number of aliphatic hydroxyl groups is 3. The molecule has 2 aromatic rings. The quantitative estimate of drug-likeness (QED) is 0.390. The lowest BCUT2D eigenvalue weighted by Crippen LogP contribution is -2.46. The summed E-state index contributed by atoms with van der Waals surface area (Å²) in [6.45, 7) is 3.53. The van der Waals surface area contributed by atoms with E-state index < -0.39 is 33.8 Å². The summed E-state index contributed by atoms with van der Waals surface area (Å²) < 4.78 is 52.0. The van der Waals surface area contributed by atoms with E-state index in [0.717, 1.165) is 11.3 Å². The summed E-state index contributed by atoms with van der Waals surface area (Å²) in [5.41, 5.74) is 1.04. The number of hydrogen-bond donors (Lipinski definition) is 4. The Balaban J connectivity index is 1.33. The molecule has 2 aromatic carbocycles. The number of rotatable bonds is 3. The second kappa shape index (κ2) is 11.6. The molecule has 224 valence electrons. The van der Waals surface area contributed by atoms with E-state index in [0.29, 0.717) is 50.9 Å². The largest absolute Gasteiger partial charge is 0.491 e. The first-order valence-corrected chi connectivity index (χ1v) is 15.4. The molecular weight excluding hydrogens is 554 g/mol. The number of β-amino-alcohol motifs (C(OH)–C–C–N with tert-alkyl or cyclic N) is 1. The first-order chi connectivity index (χ1) is 19.7. The van der Waals surface area contributed by atoms with Gasteiger partial charge in [0.05, 0.1) is 38.1 Å². The van der Waals surface area contributed by atoms with Gasteiger partial charge in [0.1, 0.15) is 10.6 Å². The number of nitrogens with zero attached hydrogens (tertiary/aromatic N) is 2. The molecule has 2 fully saturated rings. The Morgan fingerprint density at radius 1 is 0.927 bits per heavy atom. The number of fused-ring (bicyclic) bond motifs is 2. The highest BCUT2D eigenvalue weighted by Crippen LogP contribution is 2.42. The summed E-state index contributed by atoms with van der Waals surface area (Å²) in [6, 6.07) is 10.6. The predicted octanol–water partition coefficient (Wildman–Crippen LogP) is 0.288. The lowest BCUT2D eigenvalue weighted by Gasteiger charge is -2.37. The maximum atomic E-state index is 13.4. The Morgan fingerprint density at radius 3 is 2.46 bits per heavy atom. The van der Waals surface area contributed by atoms with Crippen molar-refractivity contribution in [3.63, 3.8) is 0 Å². The summed E-state index contributed by atoms with van der Waals surface area (Å²) in [6.07, 6.45) is -2.35. The molecule has 0 radical (unpaired) electrons. The molecular formula is C28H37N3O9S. The Bertz CT molecular complexity index is 1340. The van der Waals surface area contributed by atoms with Crippen LogP contribution in [0, 0.1) is 5.41 Å². The molecule has 1 spiro atoms. The van der Waals surface area contributed by atoms with Crippen LogP contribution in [0.1, 0.15) is 18.4 Å². The normalized spacial score (nSPS) is 30.3. The molecule has 0 aromatic heterocycles. The SMILES string of the molecule is O=S1(=O)NC[C@H](O)CN(Cc2ccc3c(c2)OCO3)CC2(COc3cc(N4CCOCC4)ccc31)C[C@@H](O)[C@@H](O)C2. The van der Waals surface area contributed by atoms with Crippen LogP contribution < -0.4 is 23.8 Å². The zero-order chi connectivity index (χ0) is 28.6. The molecule has 1 aliphatic carbocycles. The second-order valence-corrected chi connectivity index (χ2v) is 13.2. The second-order valence-electron chi connectivity index (χ2n) is 11.4. The number of ether oxygens (including phenoxy) is 4. The Kier molecular flexibility index (Phi) is 8.02. The highest BCUT2D eigenvalue weighted by atomic mass is 32.2. The first kappa shape index (κ1) is 28.5. The summed E-state index contributed by atoms with van der Waals surface area (Å²) in [5.74, 6) is 1.50. The molecule has 1 saturated heterocycles. The van der Waals surface area contributed by atoms with E-state index in [1.165, 1.54) is 6.07 Å². The zero-order valence-corrected chi connectivity index (χ0v) is 23.6. The van der Waals surface area contributed by atoms with Crippen molar-refractivity contribution in [1.82, 2.24) is 9.62 Å². The average Bonchev–Trinajstić information content (AvgIpc) is 3.53. The third kappa shape index (κ3) is 6.26. The standard InChI is InChI=1S/C28H37N3O9S/c32-21-13-29-41(35,36)27-4-2-20(31-5-7-37-8-6-31)10-26(27)38-17-28(11-22(33)23(34)12-28)16-30(15-21)14-19-1-3-24-25(9-19)40-18-39-24/h1-4,9-10,21-23,29,32-34H,5-8,11-18H2/t21-,22-,23+,28?/m0/s1. The van der Waals surface area contributed by atoms with Crippen LogP contribution in [0.15, 0.2) is 41.3 Å². The van der Waals surface area contributed by atoms with Crippen molar-refractivity contribution in [2.45, 2.75) is 42.6 Å². The van der Waals surface area contributed by atoms with Gasteiger partial charge in [0.2, 0.25) is 16.8 Å². The lowest BCUT2D eigenvalue weighted by atomic mass is 9.85. The van der Waals surface area contributed by atoms with Gasteiger partial charge >= 0.3 is 0 Å². The van der Waals surface area contributed by atoms with Gasteiger partial charge in [-0.05, 0) is 42.7 Å². The van der Waals surface area contributed by atoms with Crippen LogP contribution in [0.5, 0.6) is 17.2 Å². The van der Waals surface area contributed by atoms with E-state index in [4.69, 9.17) is 18.9 Å². The Hall–Kier alpha value is -2.65. The number of anilines is 1. The van der Waals surface area contributed by atoms with Crippen LogP contribution in [0.25, 0.3) is 0 Å². The van der Waals surface area contributed by atoms with Gasteiger partial charge in [-0.3, -0.25) is 4.90 Å². The minimum atomic E-state index is -4.02. The smallest absolute Gasteiger partial charge is 0.244 e. The van der Waals surface area contributed by atoms with E-state index in [1.54, 1.807) is 12.1 Å². The average molecular weight is 592 g/mol. The molecule has 3 aliphatic heterocycles. The van der Waals surface area contributed by atoms with Gasteiger partial charge in [-0.15, -0.1) is 0 Å². The maximum Gasteiger partial charge on any atom is 0.244 e. The molecule has 1 unspecified atom stereocenters. The van der Waals surface area contributed by atoms with Crippen LogP contribution in [-0.2, 0) is 21.3 Å². The number of nitrogens with one attached hydrogen (secondary N) is 1. The predicted molar refractivity (Wildman–Crippen MR) is 148 cm³/mol. The van der Waals surface area contributed by atoms with Crippen molar-refractivity contribution in [1.29, 1.82) is 0 Å². The fourth-order valence-corrected chi connectivity index (χ4v) is 7.42. The molecule has 0 amide bonds. The fraction of sp³-hybridized carbons (Fsp3) is 0.571. The highest BCUT2D eigenvalue weighted by molar-refractivity contribution is 7.89. The van der Waals surface area contributed by atoms with Crippen LogP contribution >= 0.6 is 0 Å². The van der Waals surface area contributed by atoms with Crippen molar-refractivity contribution in [2.24, 2.45) is 5.41 Å². The molecule has 1 saturated carbocycles. The third-order valence-electron chi connectivity index (χ3n) is 8.24. The fourth-order valence-electron chi connectivity index (χ4n) is 6.22. The molecule has 12 nitrogen and oxygen atoms in total. The lowest BCUT2D eigenvalue weighted by molar-refractivity contribution is 0.0427. The molecule has 4 N–H and O–H groups in total. The van der Waals surface area contributed by atoms with Crippen LogP contribution in [0.3, 0.4) is 0 Å². The molecule has 6 rings (SSSR count). The maximum absolute atomic E-state index is 13.4. The minimum absolute atomic E-state index is 0.0197. The number of benzene rings is 2. The van der Waals surface area contributed by atoms with Crippen molar-refractivity contribution in [2.75, 3.05) is 64.2 Å². The van der Waals surface area contributed by atoms with Crippen LogP contribution in [0.4, 0.5) is 5.69 Å². The summed E-state index contributed by atoms with van der Waals surface area (Å²) in [7, 11) is -4.02. The van der Waals surface area contributed by atoms with Gasteiger partial charge in [0.15, 0.2) is 11.5 Å². The van der Waals surface area contributed by atoms with Crippen molar-refractivity contribution in [3.05, 3.63) is 42.0 Å². The van der Waals surface area contributed by atoms with E-state index >= 15 is 0 Å². The molecule has 13 heteroatoms. The van der Waals surface area contributed by atoms with Crippen molar-refractivity contribution < 1.29 is 42.7 Å². The van der Waals surface area contributed by atoms with E-state index in [2.05, 4.69) is 9.62 Å². The minimum Gasteiger partial charge on any atom is -0.491 e. The van der Waals surface area contributed by atoms with Gasteiger partial charge in [0.25, 0.3) is 0 Å². The summed E-state index contributed by atoms with van der Waals surface area (Å²) in [4.78, 5) is 4.10. The molecule has 41 heavy (non-hydrogen) atoms.